The van der Waals surface area contributed by atoms with Gasteiger partial charge < -0.3 is 29.9 Å². The van der Waals surface area contributed by atoms with E-state index < -0.39 is 37.1 Å². The molecule has 3 aromatic rings. The standard InChI is InChI=1S/C25H25ClO6/c26-20-11-8-16(24-22(29)23(30)25(32-24)21(28)14-27)13-17(20)12-15-6-9-19(10-7-15)31-18-4-2-1-3-5-18/h1-11,13,21-25,27-30H,12,14H2/t21-,22+,23+,24-,25+/m0/s1. The number of aliphatic hydroxyl groups excluding tert-OH is 4. The molecule has 1 heterocycles. The van der Waals surface area contributed by atoms with Gasteiger partial charge in [0.15, 0.2) is 0 Å². The first-order valence-corrected chi connectivity index (χ1v) is 10.7. The third-order valence-corrected chi connectivity index (χ3v) is 5.93. The SMILES string of the molecule is OC[C@H](O)[C@H]1O[C@@H](c2ccc(Cl)c(Cc3ccc(Oc4ccccc4)cc3)c2)[C@H](O)[C@H]1O. The molecule has 0 bridgehead atoms. The number of rotatable bonds is 7. The quantitative estimate of drug-likeness (QED) is 0.435. The van der Waals surface area contributed by atoms with E-state index in [1.165, 1.54) is 0 Å². The predicted octanol–water partition coefficient (Wildman–Crippen LogP) is 3.24. The highest BCUT2D eigenvalue weighted by Crippen LogP contribution is 2.36. The molecular formula is C25H25ClO6. The molecule has 0 radical (unpaired) electrons. The van der Waals surface area contributed by atoms with Crippen molar-refractivity contribution >= 4 is 11.6 Å². The van der Waals surface area contributed by atoms with Crippen LogP contribution in [0.15, 0.2) is 72.8 Å². The smallest absolute Gasteiger partial charge is 0.127 e. The summed E-state index contributed by atoms with van der Waals surface area (Å²) in [6.07, 6.45) is -5.19. The summed E-state index contributed by atoms with van der Waals surface area (Å²) in [7, 11) is 0. The monoisotopic (exact) mass is 456 g/mol. The summed E-state index contributed by atoms with van der Waals surface area (Å²) in [6, 6.07) is 22.5. The Hall–Kier alpha value is -2.45. The first-order chi connectivity index (χ1) is 15.5. The Morgan fingerprint density at radius 1 is 0.906 bits per heavy atom. The number of hydrogen-bond donors (Lipinski definition) is 4. The Morgan fingerprint density at radius 2 is 1.59 bits per heavy atom. The van der Waals surface area contributed by atoms with E-state index in [0.29, 0.717) is 17.0 Å². The van der Waals surface area contributed by atoms with Crippen LogP contribution in [0.25, 0.3) is 0 Å². The Balaban J connectivity index is 1.49. The largest absolute Gasteiger partial charge is 0.457 e. The molecule has 1 aliphatic rings. The van der Waals surface area contributed by atoms with Crippen molar-refractivity contribution in [2.75, 3.05) is 6.61 Å². The molecular weight excluding hydrogens is 432 g/mol. The van der Waals surface area contributed by atoms with Gasteiger partial charge in [-0.2, -0.15) is 0 Å². The number of aliphatic hydroxyl groups is 4. The highest BCUT2D eigenvalue weighted by atomic mass is 35.5. The molecule has 4 N–H and O–H groups in total. The van der Waals surface area contributed by atoms with Gasteiger partial charge in [0, 0.05) is 5.02 Å². The highest BCUT2D eigenvalue weighted by Gasteiger charge is 2.46. The Labute approximate surface area is 191 Å². The van der Waals surface area contributed by atoms with Gasteiger partial charge in [0.25, 0.3) is 0 Å². The summed E-state index contributed by atoms with van der Waals surface area (Å²) in [4.78, 5) is 0. The molecule has 0 unspecified atom stereocenters. The molecule has 3 aromatic carbocycles. The number of benzene rings is 3. The van der Waals surface area contributed by atoms with E-state index in [4.69, 9.17) is 26.2 Å². The molecule has 32 heavy (non-hydrogen) atoms. The number of halogens is 1. The molecule has 6 nitrogen and oxygen atoms in total. The molecule has 0 aromatic heterocycles. The van der Waals surface area contributed by atoms with Crippen molar-refractivity contribution in [1.29, 1.82) is 0 Å². The Bertz CT molecular complexity index is 1030. The van der Waals surface area contributed by atoms with Crippen LogP contribution in [0, 0.1) is 0 Å². The molecule has 0 amide bonds. The van der Waals surface area contributed by atoms with Crippen molar-refractivity contribution in [3.05, 3.63) is 94.5 Å². The van der Waals surface area contributed by atoms with Gasteiger partial charge in [0.05, 0.1) is 6.61 Å². The zero-order chi connectivity index (χ0) is 22.7. The minimum absolute atomic E-state index is 0.548. The fourth-order valence-corrected chi connectivity index (χ4v) is 4.01. The third-order valence-electron chi connectivity index (χ3n) is 5.56. The summed E-state index contributed by atoms with van der Waals surface area (Å²) in [5.74, 6) is 1.49. The van der Waals surface area contributed by atoms with E-state index in [2.05, 4.69) is 0 Å². The zero-order valence-corrected chi connectivity index (χ0v) is 18.0. The highest BCUT2D eigenvalue weighted by molar-refractivity contribution is 6.31. The summed E-state index contributed by atoms with van der Waals surface area (Å²) in [6.45, 7) is -0.572. The second-order valence-corrected chi connectivity index (χ2v) is 8.25. The molecule has 0 aliphatic carbocycles. The van der Waals surface area contributed by atoms with Crippen LogP contribution in [-0.4, -0.2) is 51.4 Å². The van der Waals surface area contributed by atoms with Crippen molar-refractivity contribution in [1.82, 2.24) is 0 Å². The van der Waals surface area contributed by atoms with Crippen molar-refractivity contribution in [3.8, 4) is 11.5 Å². The maximum Gasteiger partial charge on any atom is 0.127 e. The second kappa shape index (κ2) is 10.0. The van der Waals surface area contributed by atoms with Gasteiger partial charge in [-0.15, -0.1) is 0 Å². The molecule has 1 aliphatic heterocycles. The lowest BCUT2D eigenvalue weighted by atomic mass is 9.96. The lowest BCUT2D eigenvalue weighted by Crippen LogP contribution is -2.40. The summed E-state index contributed by atoms with van der Waals surface area (Å²) >= 11 is 6.41. The van der Waals surface area contributed by atoms with E-state index in [0.717, 1.165) is 22.6 Å². The van der Waals surface area contributed by atoms with E-state index >= 15 is 0 Å². The van der Waals surface area contributed by atoms with E-state index in [9.17, 15) is 15.3 Å². The van der Waals surface area contributed by atoms with Crippen LogP contribution in [0.2, 0.25) is 5.02 Å². The number of para-hydroxylation sites is 1. The van der Waals surface area contributed by atoms with Crippen molar-refractivity contribution in [2.24, 2.45) is 0 Å². The molecule has 7 heteroatoms. The predicted molar refractivity (Wildman–Crippen MR) is 120 cm³/mol. The molecule has 0 saturated carbocycles. The Kier molecular flexibility index (Phi) is 7.10. The normalized spacial score (nSPS) is 23.8. The first kappa shape index (κ1) is 22.7. The van der Waals surface area contributed by atoms with Gasteiger partial charge in [-0.1, -0.05) is 54.1 Å². The lowest BCUT2D eigenvalue weighted by Gasteiger charge is -2.19. The van der Waals surface area contributed by atoms with Gasteiger partial charge >= 0.3 is 0 Å². The van der Waals surface area contributed by atoms with E-state index in [1.807, 2.05) is 60.7 Å². The van der Waals surface area contributed by atoms with Crippen LogP contribution in [0.1, 0.15) is 22.8 Å². The molecule has 4 rings (SSSR count). The van der Waals surface area contributed by atoms with Crippen LogP contribution in [0.3, 0.4) is 0 Å². The molecule has 1 saturated heterocycles. The fourth-order valence-electron chi connectivity index (χ4n) is 3.83. The molecule has 1 fully saturated rings. The van der Waals surface area contributed by atoms with Crippen LogP contribution < -0.4 is 4.74 Å². The van der Waals surface area contributed by atoms with Crippen LogP contribution in [-0.2, 0) is 11.2 Å². The second-order valence-electron chi connectivity index (χ2n) is 7.84. The van der Waals surface area contributed by atoms with Gasteiger partial charge in [-0.3, -0.25) is 0 Å². The minimum atomic E-state index is -1.31. The minimum Gasteiger partial charge on any atom is -0.457 e. The van der Waals surface area contributed by atoms with E-state index in [1.54, 1.807) is 12.1 Å². The van der Waals surface area contributed by atoms with Gasteiger partial charge in [-0.25, -0.2) is 0 Å². The summed E-state index contributed by atoms with van der Waals surface area (Å²) < 4.78 is 11.5. The third kappa shape index (κ3) is 4.96. The summed E-state index contributed by atoms with van der Waals surface area (Å²) in [5.41, 5.74) is 2.48. The Morgan fingerprint density at radius 3 is 2.28 bits per heavy atom. The van der Waals surface area contributed by atoms with E-state index in [-0.39, 0.29) is 0 Å². The van der Waals surface area contributed by atoms with Crippen LogP contribution in [0.5, 0.6) is 11.5 Å². The van der Waals surface area contributed by atoms with Crippen molar-refractivity contribution in [3.63, 3.8) is 0 Å². The maximum atomic E-state index is 10.4. The van der Waals surface area contributed by atoms with Crippen LogP contribution in [0.4, 0.5) is 0 Å². The maximum absolute atomic E-state index is 10.4. The average Bonchev–Trinajstić information content (AvgIpc) is 3.11. The van der Waals surface area contributed by atoms with Crippen LogP contribution >= 0.6 is 11.6 Å². The molecule has 5 atom stereocenters. The van der Waals surface area contributed by atoms with Gasteiger partial charge in [0.2, 0.25) is 0 Å². The zero-order valence-electron chi connectivity index (χ0n) is 17.2. The topological polar surface area (TPSA) is 99.4 Å². The van der Waals surface area contributed by atoms with Crippen molar-refractivity contribution < 1.29 is 29.9 Å². The molecule has 0 spiro atoms. The number of ether oxygens (including phenoxy) is 2. The number of hydrogen-bond acceptors (Lipinski definition) is 6. The van der Waals surface area contributed by atoms with Crippen molar-refractivity contribution in [2.45, 2.75) is 36.9 Å². The first-order valence-electron chi connectivity index (χ1n) is 10.4. The lowest BCUT2D eigenvalue weighted by molar-refractivity contribution is -0.0820. The summed E-state index contributed by atoms with van der Waals surface area (Å²) in [5, 5.41) is 40.2. The average molecular weight is 457 g/mol. The van der Waals surface area contributed by atoms with Gasteiger partial charge in [-0.05, 0) is 53.4 Å². The van der Waals surface area contributed by atoms with Gasteiger partial charge in [0.1, 0.15) is 42.0 Å². The fraction of sp³-hybridized carbons (Fsp3) is 0.280. The molecule has 168 valence electrons.